The van der Waals surface area contributed by atoms with Crippen molar-refractivity contribution in [1.29, 1.82) is 0 Å². The fraction of sp³-hybridized carbons (Fsp3) is 0.391. The first-order chi connectivity index (χ1) is 13.5. The molecule has 148 valence electrons. The zero-order valence-corrected chi connectivity index (χ0v) is 16.9. The van der Waals surface area contributed by atoms with E-state index in [1.165, 1.54) is 0 Å². The summed E-state index contributed by atoms with van der Waals surface area (Å²) in [5.74, 6) is 0.598. The third-order valence-corrected chi connectivity index (χ3v) is 5.33. The Morgan fingerprint density at radius 3 is 2.61 bits per heavy atom. The molecular weight excluding hydrogens is 352 g/mol. The fourth-order valence-corrected chi connectivity index (χ4v) is 3.70. The summed E-state index contributed by atoms with van der Waals surface area (Å²) in [6.45, 7) is 5.57. The highest BCUT2D eigenvalue weighted by Gasteiger charge is 2.31. The highest BCUT2D eigenvalue weighted by atomic mass is 16.5. The predicted molar refractivity (Wildman–Crippen MR) is 109 cm³/mol. The number of methoxy groups -OCH3 is 1. The van der Waals surface area contributed by atoms with Crippen LogP contribution < -0.4 is 4.74 Å². The maximum Gasteiger partial charge on any atom is 0.257 e. The Labute approximate surface area is 166 Å². The molecule has 0 bridgehead atoms. The summed E-state index contributed by atoms with van der Waals surface area (Å²) in [6, 6.07) is 15.6. The van der Waals surface area contributed by atoms with Crippen LogP contribution in [0.1, 0.15) is 41.3 Å². The molecule has 1 saturated heterocycles. The number of hydrogen-bond donors (Lipinski definition) is 0. The number of ether oxygens (including phenoxy) is 1. The largest absolute Gasteiger partial charge is 0.496 e. The molecule has 5 nitrogen and oxygen atoms in total. The topological polar surface area (TPSA) is 49.9 Å². The lowest BCUT2D eigenvalue weighted by molar-refractivity contribution is -0.133. The summed E-state index contributed by atoms with van der Waals surface area (Å²) >= 11 is 0. The second-order valence-corrected chi connectivity index (χ2v) is 7.27. The Balaban J connectivity index is 1.82. The molecule has 2 amide bonds. The number of carbonyl (C=O) groups is 2. The van der Waals surface area contributed by atoms with E-state index in [1.54, 1.807) is 12.0 Å². The van der Waals surface area contributed by atoms with Crippen LogP contribution in [0.2, 0.25) is 0 Å². The van der Waals surface area contributed by atoms with Crippen molar-refractivity contribution in [3.8, 4) is 5.75 Å². The molecule has 0 aromatic heterocycles. The molecule has 1 fully saturated rings. The highest BCUT2D eigenvalue weighted by molar-refractivity contribution is 5.97. The SMILES string of the molecule is CCC1CN(C(=O)c2ccc(C)cc2OC)CCC(=O)N1Cc1ccccc1. The van der Waals surface area contributed by atoms with Crippen molar-refractivity contribution in [2.24, 2.45) is 0 Å². The zero-order valence-electron chi connectivity index (χ0n) is 16.9. The van der Waals surface area contributed by atoms with Crippen LogP contribution >= 0.6 is 0 Å². The first kappa shape index (κ1) is 19.9. The van der Waals surface area contributed by atoms with E-state index in [0.29, 0.717) is 37.4 Å². The average Bonchev–Trinajstić information content (AvgIpc) is 2.87. The standard InChI is InChI=1S/C23H28N2O3/c1-4-19-16-24(23(27)20-11-10-17(2)14-21(20)28-3)13-12-22(26)25(19)15-18-8-6-5-7-9-18/h5-11,14,19H,4,12-13,15-16H2,1-3H3. The number of rotatable bonds is 5. The minimum absolute atomic E-state index is 0.00407. The van der Waals surface area contributed by atoms with E-state index in [4.69, 9.17) is 4.74 Å². The Bertz CT molecular complexity index is 835. The minimum atomic E-state index is -0.0790. The van der Waals surface area contributed by atoms with Gasteiger partial charge in [-0.15, -0.1) is 0 Å². The highest BCUT2D eigenvalue weighted by Crippen LogP contribution is 2.24. The third-order valence-electron chi connectivity index (χ3n) is 5.33. The molecule has 1 atom stereocenters. The summed E-state index contributed by atoms with van der Waals surface area (Å²) in [4.78, 5) is 29.7. The Kier molecular flexibility index (Phi) is 6.34. The Morgan fingerprint density at radius 1 is 1.18 bits per heavy atom. The van der Waals surface area contributed by atoms with Crippen molar-refractivity contribution in [1.82, 2.24) is 9.80 Å². The van der Waals surface area contributed by atoms with Gasteiger partial charge in [0.25, 0.3) is 5.91 Å². The van der Waals surface area contributed by atoms with Crippen molar-refractivity contribution in [2.75, 3.05) is 20.2 Å². The van der Waals surface area contributed by atoms with Gasteiger partial charge in [-0.3, -0.25) is 9.59 Å². The molecule has 2 aromatic carbocycles. The molecule has 0 radical (unpaired) electrons. The summed E-state index contributed by atoms with van der Waals surface area (Å²) in [5, 5.41) is 0. The molecule has 0 saturated carbocycles. The molecule has 1 aliphatic heterocycles. The summed E-state index contributed by atoms with van der Waals surface area (Å²) in [5.41, 5.74) is 2.70. The van der Waals surface area contributed by atoms with E-state index in [9.17, 15) is 9.59 Å². The molecule has 1 unspecified atom stereocenters. The molecule has 28 heavy (non-hydrogen) atoms. The normalized spacial score (nSPS) is 17.4. The summed E-state index contributed by atoms with van der Waals surface area (Å²) in [7, 11) is 1.58. The second-order valence-electron chi connectivity index (χ2n) is 7.27. The molecule has 0 N–H and O–H groups in total. The second kappa shape index (κ2) is 8.91. The summed E-state index contributed by atoms with van der Waals surface area (Å²) < 4.78 is 5.42. The van der Waals surface area contributed by atoms with Gasteiger partial charge in [0.15, 0.2) is 0 Å². The van der Waals surface area contributed by atoms with Gasteiger partial charge in [0.1, 0.15) is 5.75 Å². The minimum Gasteiger partial charge on any atom is -0.496 e. The van der Waals surface area contributed by atoms with Gasteiger partial charge in [0.2, 0.25) is 5.91 Å². The molecule has 1 aliphatic rings. The van der Waals surface area contributed by atoms with E-state index < -0.39 is 0 Å². The first-order valence-electron chi connectivity index (χ1n) is 9.80. The van der Waals surface area contributed by atoms with Gasteiger partial charge >= 0.3 is 0 Å². The average molecular weight is 380 g/mol. The van der Waals surface area contributed by atoms with Crippen LogP contribution in [0.5, 0.6) is 5.75 Å². The van der Waals surface area contributed by atoms with E-state index in [-0.39, 0.29) is 17.9 Å². The molecule has 1 heterocycles. The number of carbonyl (C=O) groups excluding carboxylic acids is 2. The van der Waals surface area contributed by atoms with Gasteiger partial charge < -0.3 is 14.5 Å². The fourth-order valence-electron chi connectivity index (χ4n) is 3.70. The maximum absolute atomic E-state index is 13.2. The molecule has 5 heteroatoms. The molecule has 2 aromatic rings. The number of amides is 2. The number of hydrogen-bond acceptors (Lipinski definition) is 3. The van der Waals surface area contributed by atoms with Crippen LogP contribution in [0.3, 0.4) is 0 Å². The van der Waals surface area contributed by atoms with Crippen LogP contribution in [0.25, 0.3) is 0 Å². The number of benzene rings is 2. The van der Waals surface area contributed by atoms with Crippen LogP contribution in [0.15, 0.2) is 48.5 Å². The quantitative estimate of drug-likeness (QED) is 0.795. The molecule has 0 spiro atoms. The Hall–Kier alpha value is -2.82. The van der Waals surface area contributed by atoms with Gasteiger partial charge in [0.05, 0.1) is 12.7 Å². The summed E-state index contributed by atoms with van der Waals surface area (Å²) in [6.07, 6.45) is 1.14. The monoisotopic (exact) mass is 380 g/mol. The van der Waals surface area contributed by atoms with Crippen molar-refractivity contribution < 1.29 is 14.3 Å². The lowest BCUT2D eigenvalue weighted by Crippen LogP contribution is -2.43. The van der Waals surface area contributed by atoms with E-state index in [0.717, 1.165) is 17.5 Å². The van der Waals surface area contributed by atoms with E-state index in [1.807, 2.05) is 60.4 Å². The lowest BCUT2D eigenvalue weighted by atomic mass is 10.1. The van der Waals surface area contributed by atoms with Crippen molar-refractivity contribution in [3.63, 3.8) is 0 Å². The smallest absolute Gasteiger partial charge is 0.257 e. The number of nitrogens with zero attached hydrogens (tertiary/aromatic N) is 2. The van der Waals surface area contributed by atoms with Crippen molar-refractivity contribution >= 4 is 11.8 Å². The Morgan fingerprint density at radius 2 is 1.93 bits per heavy atom. The molecule has 0 aliphatic carbocycles. The van der Waals surface area contributed by atoms with Crippen LogP contribution in [-0.4, -0.2) is 47.9 Å². The predicted octanol–water partition coefficient (Wildman–Crippen LogP) is 3.66. The number of aryl methyl sites for hydroxylation is 1. The van der Waals surface area contributed by atoms with Gasteiger partial charge in [-0.1, -0.05) is 43.3 Å². The van der Waals surface area contributed by atoms with E-state index in [2.05, 4.69) is 6.92 Å². The zero-order chi connectivity index (χ0) is 20.1. The van der Waals surface area contributed by atoms with Gasteiger partial charge in [-0.25, -0.2) is 0 Å². The van der Waals surface area contributed by atoms with Gasteiger partial charge in [-0.05, 0) is 36.6 Å². The van der Waals surface area contributed by atoms with Crippen LogP contribution in [-0.2, 0) is 11.3 Å². The molecule has 3 rings (SSSR count). The third kappa shape index (κ3) is 4.35. The maximum atomic E-state index is 13.2. The van der Waals surface area contributed by atoms with Gasteiger partial charge in [-0.2, -0.15) is 0 Å². The van der Waals surface area contributed by atoms with Crippen molar-refractivity contribution in [2.45, 2.75) is 39.3 Å². The first-order valence-corrected chi connectivity index (χ1v) is 9.80. The van der Waals surface area contributed by atoms with Crippen LogP contribution in [0, 0.1) is 6.92 Å². The van der Waals surface area contributed by atoms with Gasteiger partial charge in [0, 0.05) is 32.1 Å². The molecular formula is C23H28N2O3. The van der Waals surface area contributed by atoms with E-state index >= 15 is 0 Å². The lowest BCUT2D eigenvalue weighted by Gasteiger charge is -2.31. The van der Waals surface area contributed by atoms with Crippen LogP contribution in [0.4, 0.5) is 0 Å². The van der Waals surface area contributed by atoms with Crippen molar-refractivity contribution in [3.05, 3.63) is 65.2 Å².